The highest BCUT2D eigenvalue weighted by Gasteiger charge is 2.12. The molecule has 150 valence electrons. The molecule has 0 saturated carbocycles. The Morgan fingerprint density at radius 3 is 2.46 bits per heavy atom. The number of carbonyl (C=O) groups excluding carboxylic acids is 3. The van der Waals surface area contributed by atoms with E-state index >= 15 is 0 Å². The molecule has 0 aliphatic rings. The zero-order valence-electron chi connectivity index (χ0n) is 14.8. The van der Waals surface area contributed by atoms with Crippen LogP contribution in [-0.2, 0) is 23.1 Å². The van der Waals surface area contributed by atoms with E-state index < -0.39 is 11.8 Å². The van der Waals surface area contributed by atoms with Gasteiger partial charge in [-0.2, -0.15) is 5.10 Å². The number of carbonyl (C=O) groups is 3. The van der Waals surface area contributed by atoms with Crippen LogP contribution in [0.2, 0.25) is 10.0 Å². The lowest BCUT2D eigenvalue weighted by Crippen LogP contribution is -2.42. The summed E-state index contributed by atoms with van der Waals surface area (Å²) in [5.41, 5.74) is 0.199. The molecule has 9 nitrogen and oxygen atoms in total. The Hall–Kier alpha value is -2.43. The van der Waals surface area contributed by atoms with Gasteiger partial charge in [-0.1, -0.05) is 23.2 Å². The zero-order valence-corrected chi connectivity index (χ0v) is 17.2. The van der Waals surface area contributed by atoms with Gasteiger partial charge in [-0.15, -0.1) is 0 Å². The van der Waals surface area contributed by atoms with Gasteiger partial charge in [0.1, 0.15) is 5.82 Å². The summed E-state index contributed by atoms with van der Waals surface area (Å²) in [6, 6.07) is 4.41. The third-order valence-corrected chi connectivity index (χ3v) is 4.59. The summed E-state index contributed by atoms with van der Waals surface area (Å²) in [6.07, 6.45) is 0.487. The Kier molecular flexibility index (Phi) is 7.97. The number of rotatable bonds is 8. The summed E-state index contributed by atoms with van der Waals surface area (Å²) in [4.78, 5) is 35.6. The fourth-order valence-electron chi connectivity index (χ4n) is 2.15. The van der Waals surface area contributed by atoms with Crippen LogP contribution in [0.4, 0.5) is 0 Å². The molecule has 0 saturated heterocycles. The van der Waals surface area contributed by atoms with Gasteiger partial charge in [0.15, 0.2) is 4.77 Å². The van der Waals surface area contributed by atoms with Gasteiger partial charge in [0.05, 0.1) is 23.7 Å². The fraction of sp³-hybridized carbons (Fsp3) is 0.312. The van der Waals surface area contributed by atoms with Crippen molar-refractivity contribution in [2.24, 2.45) is 7.05 Å². The second kappa shape index (κ2) is 10.2. The highest BCUT2D eigenvalue weighted by atomic mass is 35.5. The Labute approximate surface area is 175 Å². The molecule has 0 fully saturated rings. The second-order valence-corrected chi connectivity index (χ2v) is 6.92. The maximum atomic E-state index is 12.0. The molecule has 0 atom stereocenters. The molecule has 12 heteroatoms. The van der Waals surface area contributed by atoms with E-state index in [2.05, 4.69) is 26.1 Å². The van der Waals surface area contributed by atoms with E-state index in [4.69, 9.17) is 35.4 Å². The number of benzene rings is 1. The molecule has 3 amide bonds. The van der Waals surface area contributed by atoms with Crippen molar-refractivity contribution in [1.82, 2.24) is 30.7 Å². The molecule has 2 rings (SSSR count). The van der Waals surface area contributed by atoms with Gasteiger partial charge in [-0.05, 0) is 30.4 Å². The first kappa shape index (κ1) is 21.9. The molecule has 0 radical (unpaired) electrons. The summed E-state index contributed by atoms with van der Waals surface area (Å²) in [5.74, 6) is -0.688. The van der Waals surface area contributed by atoms with E-state index in [0.29, 0.717) is 28.6 Å². The van der Waals surface area contributed by atoms with Crippen molar-refractivity contribution in [2.75, 3.05) is 19.6 Å². The average Bonchev–Trinajstić information content (AvgIpc) is 2.96. The third kappa shape index (κ3) is 6.32. The number of nitrogens with one attached hydrogen (secondary N) is 4. The molecule has 1 aromatic heterocycles. The molecule has 0 aliphatic carbocycles. The second-order valence-electron chi connectivity index (χ2n) is 5.69. The third-order valence-electron chi connectivity index (χ3n) is 3.67. The van der Waals surface area contributed by atoms with E-state index in [1.165, 1.54) is 18.2 Å². The highest BCUT2D eigenvalue weighted by Crippen LogP contribution is 2.20. The van der Waals surface area contributed by atoms with E-state index in [0.717, 1.165) is 0 Å². The predicted octanol–water partition coefficient (Wildman–Crippen LogP) is 0.989. The van der Waals surface area contributed by atoms with Crippen molar-refractivity contribution in [2.45, 2.75) is 6.42 Å². The Balaban J connectivity index is 1.67. The molecule has 1 heterocycles. The summed E-state index contributed by atoms with van der Waals surface area (Å²) in [5, 5.41) is 14.8. The monoisotopic (exact) mass is 444 g/mol. The smallest absolute Gasteiger partial charge is 0.253 e. The largest absolute Gasteiger partial charge is 0.354 e. The van der Waals surface area contributed by atoms with Crippen molar-refractivity contribution >= 4 is 53.1 Å². The summed E-state index contributed by atoms with van der Waals surface area (Å²) >= 11 is 16.7. The maximum Gasteiger partial charge on any atom is 0.253 e. The minimum absolute atomic E-state index is 0.179. The summed E-state index contributed by atoms with van der Waals surface area (Å²) in [7, 11) is 1.77. The first-order valence-electron chi connectivity index (χ1n) is 8.15. The lowest BCUT2D eigenvalue weighted by molar-refractivity contribution is -0.125. The van der Waals surface area contributed by atoms with Crippen LogP contribution in [0.1, 0.15) is 16.2 Å². The number of hydrogen-bond acceptors (Lipinski definition) is 5. The van der Waals surface area contributed by atoms with Crippen molar-refractivity contribution in [3.63, 3.8) is 0 Å². The lowest BCUT2D eigenvalue weighted by Gasteiger charge is -2.09. The van der Waals surface area contributed by atoms with Crippen molar-refractivity contribution in [1.29, 1.82) is 0 Å². The first-order valence-corrected chi connectivity index (χ1v) is 9.31. The Morgan fingerprint density at radius 1 is 1.14 bits per heavy atom. The van der Waals surface area contributed by atoms with Gasteiger partial charge < -0.3 is 20.5 Å². The van der Waals surface area contributed by atoms with Crippen LogP contribution in [-0.4, -0.2) is 52.1 Å². The molecule has 0 unspecified atom stereocenters. The lowest BCUT2D eigenvalue weighted by atomic mass is 10.2. The Morgan fingerprint density at radius 2 is 1.82 bits per heavy atom. The number of hydrogen-bond donors (Lipinski definition) is 4. The first-order chi connectivity index (χ1) is 13.3. The van der Waals surface area contributed by atoms with Crippen LogP contribution in [0.5, 0.6) is 0 Å². The van der Waals surface area contributed by atoms with Crippen molar-refractivity contribution in [3.05, 3.63) is 44.4 Å². The molecule has 4 N–H and O–H groups in total. The van der Waals surface area contributed by atoms with Crippen LogP contribution in [0.3, 0.4) is 0 Å². The number of aromatic amines is 1. The fourth-order valence-corrected chi connectivity index (χ4v) is 2.80. The minimum atomic E-state index is -0.519. The molecule has 2 aromatic rings. The van der Waals surface area contributed by atoms with E-state index in [1.807, 2.05) is 0 Å². The van der Waals surface area contributed by atoms with Crippen LogP contribution in [0.15, 0.2) is 18.2 Å². The van der Waals surface area contributed by atoms with Crippen LogP contribution in [0, 0.1) is 4.77 Å². The number of H-pyrrole nitrogens is 1. The molecule has 0 bridgehead atoms. The Bertz CT molecular complexity index is 943. The summed E-state index contributed by atoms with van der Waals surface area (Å²) < 4.78 is 2.20. The average molecular weight is 445 g/mol. The quantitative estimate of drug-likeness (QED) is 0.452. The van der Waals surface area contributed by atoms with Crippen molar-refractivity contribution < 1.29 is 14.4 Å². The van der Waals surface area contributed by atoms with Crippen LogP contribution < -0.4 is 16.0 Å². The standard InChI is InChI=1S/C16H18Cl2N6O3S/c1-24-12(22-23-16(24)28)4-5-19-13(25)7-20-14(26)8-21-15(27)10-3-2-9(17)6-11(10)18/h2-3,6H,4-5,7-8H2,1H3,(H,19,25)(H,20,26)(H,21,27)(H,23,28). The SMILES string of the molecule is Cn1c(CCNC(=O)CNC(=O)CNC(=O)c2ccc(Cl)cc2Cl)n[nH]c1=S. The molecular formula is C16H18Cl2N6O3S. The van der Waals surface area contributed by atoms with E-state index in [9.17, 15) is 14.4 Å². The molecule has 1 aromatic carbocycles. The highest BCUT2D eigenvalue weighted by molar-refractivity contribution is 7.71. The molecular weight excluding hydrogens is 427 g/mol. The zero-order chi connectivity index (χ0) is 20.7. The van der Waals surface area contributed by atoms with Crippen LogP contribution in [0.25, 0.3) is 0 Å². The van der Waals surface area contributed by atoms with Gasteiger partial charge in [-0.3, -0.25) is 19.5 Å². The predicted molar refractivity (Wildman–Crippen MR) is 107 cm³/mol. The molecule has 0 spiro atoms. The van der Waals surface area contributed by atoms with Gasteiger partial charge in [0, 0.05) is 25.0 Å². The molecule has 28 heavy (non-hydrogen) atoms. The van der Waals surface area contributed by atoms with Gasteiger partial charge in [0.2, 0.25) is 11.8 Å². The van der Waals surface area contributed by atoms with Gasteiger partial charge in [-0.25, -0.2) is 0 Å². The minimum Gasteiger partial charge on any atom is -0.354 e. The van der Waals surface area contributed by atoms with Crippen LogP contribution >= 0.6 is 35.4 Å². The number of amides is 3. The maximum absolute atomic E-state index is 12.0. The number of aromatic nitrogens is 3. The number of halogens is 2. The molecule has 0 aliphatic heterocycles. The summed E-state index contributed by atoms with van der Waals surface area (Å²) in [6.45, 7) is -0.168. The van der Waals surface area contributed by atoms with Crippen molar-refractivity contribution in [3.8, 4) is 0 Å². The van der Waals surface area contributed by atoms with Gasteiger partial charge >= 0.3 is 0 Å². The number of nitrogens with zero attached hydrogens (tertiary/aromatic N) is 2. The van der Waals surface area contributed by atoms with Gasteiger partial charge in [0.25, 0.3) is 5.91 Å². The van der Waals surface area contributed by atoms with E-state index in [-0.39, 0.29) is 29.6 Å². The topological polar surface area (TPSA) is 121 Å². The normalized spacial score (nSPS) is 10.4. The van der Waals surface area contributed by atoms with E-state index in [1.54, 1.807) is 11.6 Å².